The predicted molar refractivity (Wildman–Crippen MR) is 78.6 cm³/mol. The van der Waals surface area contributed by atoms with Crippen molar-refractivity contribution in [2.45, 2.75) is 58.9 Å². The zero-order valence-corrected chi connectivity index (χ0v) is 13.1. The van der Waals surface area contributed by atoms with Gasteiger partial charge in [-0.25, -0.2) is 4.79 Å². The average molecular weight is 284 g/mol. The van der Waals surface area contributed by atoms with Crippen molar-refractivity contribution in [3.63, 3.8) is 0 Å². The van der Waals surface area contributed by atoms with Crippen molar-refractivity contribution in [2.24, 2.45) is 11.3 Å². The zero-order chi connectivity index (χ0) is 15.3. The minimum Gasteiger partial charge on any atom is -0.481 e. The largest absolute Gasteiger partial charge is 0.481 e. The molecular formula is C15H28N2O3. The first-order valence-corrected chi connectivity index (χ1v) is 7.56. The van der Waals surface area contributed by atoms with Crippen LogP contribution in [0.25, 0.3) is 0 Å². The first kappa shape index (κ1) is 16.8. The fraction of sp³-hybridized carbons (Fsp3) is 0.867. The molecule has 0 spiro atoms. The van der Waals surface area contributed by atoms with Crippen molar-refractivity contribution in [2.75, 3.05) is 13.6 Å². The van der Waals surface area contributed by atoms with E-state index in [0.717, 1.165) is 19.3 Å². The molecule has 1 fully saturated rings. The second-order valence-corrected chi connectivity index (χ2v) is 6.32. The lowest BCUT2D eigenvalue weighted by molar-refractivity contribution is -0.147. The van der Waals surface area contributed by atoms with Gasteiger partial charge >= 0.3 is 12.0 Å². The van der Waals surface area contributed by atoms with Gasteiger partial charge in [-0.3, -0.25) is 4.79 Å². The molecule has 0 aromatic carbocycles. The molecule has 3 atom stereocenters. The van der Waals surface area contributed by atoms with Gasteiger partial charge in [-0.05, 0) is 32.1 Å². The van der Waals surface area contributed by atoms with Gasteiger partial charge in [0, 0.05) is 19.6 Å². The molecule has 116 valence electrons. The number of hydrogen-bond donors (Lipinski definition) is 2. The molecule has 5 heteroatoms. The predicted octanol–water partition coefficient (Wildman–Crippen LogP) is 2.71. The van der Waals surface area contributed by atoms with Crippen LogP contribution in [0.3, 0.4) is 0 Å². The number of hydrogen-bond acceptors (Lipinski definition) is 2. The summed E-state index contributed by atoms with van der Waals surface area (Å²) in [4.78, 5) is 25.2. The van der Waals surface area contributed by atoms with Gasteiger partial charge in [-0.15, -0.1) is 0 Å². The van der Waals surface area contributed by atoms with E-state index in [1.54, 1.807) is 11.8 Å². The van der Waals surface area contributed by atoms with E-state index >= 15 is 0 Å². The fourth-order valence-electron chi connectivity index (χ4n) is 2.77. The summed E-state index contributed by atoms with van der Waals surface area (Å²) < 4.78 is 0. The monoisotopic (exact) mass is 284 g/mol. The molecule has 0 radical (unpaired) electrons. The lowest BCUT2D eigenvalue weighted by Crippen LogP contribution is -2.50. The number of rotatable bonds is 5. The maximum atomic E-state index is 12.2. The van der Waals surface area contributed by atoms with Crippen LogP contribution in [0.15, 0.2) is 0 Å². The number of carboxylic acid groups (broad SMARTS) is 1. The van der Waals surface area contributed by atoms with Crippen molar-refractivity contribution in [1.82, 2.24) is 10.2 Å². The number of carboxylic acids is 1. The number of carbonyl (C=O) groups excluding carboxylic acids is 1. The molecular weight excluding hydrogens is 256 g/mol. The third kappa shape index (κ3) is 3.87. The van der Waals surface area contributed by atoms with Gasteiger partial charge in [0.15, 0.2) is 0 Å². The van der Waals surface area contributed by atoms with Gasteiger partial charge in [0.1, 0.15) is 0 Å². The van der Waals surface area contributed by atoms with E-state index in [1.165, 1.54) is 6.42 Å². The third-order valence-corrected chi connectivity index (χ3v) is 4.81. The Morgan fingerprint density at radius 3 is 2.45 bits per heavy atom. The van der Waals surface area contributed by atoms with Crippen molar-refractivity contribution in [1.29, 1.82) is 0 Å². The first-order valence-electron chi connectivity index (χ1n) is 7.56. The Labute approximate surface area is 121 Å². The van der Waals surface area contributed by atoms with Crippen LogP contribution in [0.5, 0.6) is 0 Å². The minimum absolute atomic E-state index is 0.162. The second-order valence-electron chi connectivity index (χ2n) is 6.32. The van der Waals surface area contributed by atoms with E-state index in [4.69, 9.17) is 0 Å². The molecule has 0 aromatic rings. The van der Waals surface area contributed by atoms with Crippen LogP contribution >= 0.6 is 0 Å². The van der Waals surface area contributed by atoms with Crippen LogP contribution < -0.4 is 5.32 Å². The highest BCUT2D eigenvalue weighted by Crippen LogP contribution is 2.27. The smallest absolute Gasteiger partial charge is 0.317 e. The van der Waals surface area contributed by atoms with Crippen LogP contribution in [-0.2, 0) is 4.79 Å². The molecule has 0 aromatic heterocycles. The van der Waals surface area contributed by atoms with E-state index in [2.05, 4.69) is 12.2 Å². The number of amides is 2. The zero-order valence-electron chi connectivity index (χ0n) is 13.1. The highest BCUT2D eigenvalue weighted by Gasteiger charge is 2.33. The van der Waals surface area contributed by atoms with Gasteiger partial charge in [-0.1, -0.05) is 26.7 Å². The first-order chi connectivity index (χ1) is 9.31. The molecule has 1 saturated carbocycles. The standard InChI is InChI=1S/C15H28N2O3/c1-5-15(3,13(18)19)10-16-14(20)17(4)12-9-7-6-8-11(12)2/h11-12H,5-10H2,1-4H3,(H,16,20)(H,18,19). The van der Waals surface area contributed by atoms with Gasteiger partial charge in [-0.2, -0.15) is 0 Å². The van der Waals surface area contributed by atoms with Crippen molar-refractivity contribution in [3.8, 4) is 0 Å². The summed E-state index contributed by atoms with van der Waals surface area (Å²) in [6.45, 7) is 5.84. The molecule has 0 heterocycles. The topological polar surface area (TPSA) is 69.6 Å². The summed E-state index contributed by atoms with van der Waals surface area (Å²) >= 11 is 0. The summed E-state index contributed by atoms with van der Waals surface area (Å²) in [5, 5.41) is 12.0. The van der Waals surface area contributed by atoms with Gasteiger partial charge < -0.3 is 15.3 Å². The molecule has 5 nitrogen and oxygen atoms in total. The Bertz CT molecular complexity index is 359. The Morgan fingerprint density at radius 2 is 1.95 bits per heavy atom. The molecule has 1 aliphatic carbocycles. The van der Waals surface area contributed by atoms with Crippen molar-refractivity contribution in [3.05, 3.63) is 0 Å². The van der Waals surface area contributed by atoms with Crippen molar-refractivity contribution >= 4 is 12.0 Å². The second kappa shape index (κ2) is 6.95. The molecule has 0 saturated heterocycles. The third-order valence-electron chi connectivity index (χ3n) is 4.81. The summed E-state index contributed by atoms with van der Waals surface area (Å²) in [6, 6.07) is 0.103. The summed E-state index contributed by atoms with van der Waals surface area (Å²) in [7, 11) is 1.81. The van der Waals surface area contributed by atoms with Gasteiger partial charge in [0.2, 0.25) is 0 Å². The van der Waals surface area contributed by atoms with E-state index in [1.807, 2.05) is 14.0 Å². The molecule has 3 unspecified atom stereocenters. The number of carbonyl (C=O) groups is 2. The van der Waals surface area contributed by atoms with Gasteiger partial charge in [0.25, 0.3) is 0 Å². The Hall–Kier alpha value is -1.26. The lowest BCUT2D eigenvalue weighted by Gasteiger charge is -2.36. The van der Waals surface area contributed by atoms with E-state index in [0.29, 0.717) is 12.3 Å². The van der Waals surface area contributed by atoms with E-state index in [-0.39, 0.29) is 18.6 Å². The Balaban J connectivity index is 2.55. The number of aliphatic carboxylic acids is 1. The Kier molecular flexibility index (Phi) is 5.84. The average Bonchev–Trinajstić information content (AvgIpc) is 2.43. The van der Waals surface area contributed by atoms with Gasteiger partial charge in [0.05, 0.1) is 5.41 Å². The van der Waals surface area contributed by atoms with Crippen LogP contribution in [0.4, 0.5) is 4.79 Å². The summed E-state index contributed by atoms with van der Waals surface area (Å²) in [5.74, 6) is -0.356. The normalized spacial score (nSPS) is 25.6. The van der Waals surface area contributed by atoms with Crippen LogP contribution in [0.1, 0.15) is 52.9 Å². The number of nitrogens with one attached hydrogen (secondary N) is 1. The molecule has 2 amide bonds. The SMILES string of the molecule is CCC(C)(CNC(=O)N(C)C1CCCCC1C)C(=O)O. The van der Waals surface area contributed by atoms with Crippen molar-refractivity contribution < 1.29 is 14.7 Å². The molecule has 20 heavy (non-hydrogen) atoms. The molecule has 0 bridgehead atoms. The van der Waals surface area contributed by atoms with E-state index in [9.17, 15) is 14.7 Å². The molecule has 1 rings (SSSR count). The highest BCUT2D eigenvalue weighted by atomic mass is 16.4. The van der Waals surface area contributed by atoms with E-state index < -0.39 is 11.4 Å². The van der Waals surface area contributed by atoms with Crippen LogP contribution in [0.2, 0.25) is 0 Å². The lowest BCUT2D eigenvalue weighted by atomic mass is 9.85. The maximum Gasteiger partial charge on any atom is 0.317 e. The quantitative estimate of drug-likeness (QED) is 0.815. The summed E-state index contributed by atoms with van der Waals surface area (Å²) in [6.07, 6.45) is 5.08. The molecule has 0 aliphatic heterocycles. The fourth-order valence-corrected chi connectivity index (χ4v) is 2.77. The maximum absolute atomic E-state index is 12.2. The highest BCUT2D eigenvalue weighted by molar-refractivity contribution is 5.78. The summed E-state index contributed by atoms with van der Waals surface area (Å²) in [5.41, 5.74) is -0.894. The van der Waals surface area contributed by atoms with Crippen LogP contribution in [0, 0.1) is 11.3 Å². The molecule has 2 N–H and O–H groups in total. The van der Waals surface area contributed by atoms with Crippen LogP contribution in [-0.4, -0.2) is 41.6 Å². The molecule has 1 aliphatic rings. The number of urea groups is 1. The Morgan fingerprint density at radius 1 is 1.35 bits per heavy atom. The number of nitrogens with zero attached hydrogens (tertiary/aromatic N) is 1. The minimum atomic E-state index is -0.894.